The number of hydrogen-bond donors (Lipinski definition) is 2. The first-order chi connectivity index (χ1) is 8.98. The van der Waals surface area contributed by atoms with Gasteiger partial charge in [0.15, 0.2) is 0 Å². The molecule has 19 heavy (non-hydrogen) atoms. The fraction of sp³-hybridized carbons (Fsp3) is 0.545. The van der Waals surface area contributed by atoms with Crippen molar-refractivity contribution in [2.75, 3.05) is 6.54 Å². The predicted molar refractivity (Wildman–Crippen MR) is 71.0 cm³/mol. The maximum Gasteiger partial charge on any atom is 0.264 e. The molecule has 102 valence electrons. The minimum Gasteiger partial charge on any atom is -0.351 e. The quantitative estimate of drug-likeness (QED) is 0.868. The molecular weight excluding hydrogens is 264 g/mol. The van der Waals surface area contributed by atoms with E-state index in [-0.39, 0.29) is 11.3 Å². The van der Waals surface area contributed by atoms with Crippen LogP contribution < -0.4 is 5.32 Å². The fourth-order valence-corrected chi connectivity index (χ4v) is 2.35. The van der Waals surface area contributed by atoms with Crippen molar-refractivity contribution in [3.8, 4) is 0 Å². The van der Waals surface area contributed by atoms with Crippen LogP contribution >= 0.6 is 11.5 Å². The van der Waals surface area contributed by atoms with E-state index >= 15 is 0 Å². The Bertz CT molecular complexity index is 542. The summed E-state index contributed by atoms with van der Waals surface area (Å²) >= 11 is 1.12. The van der Waals surface area contributed by atoms with Crippen molar-refractivity contribution in [2.24, 2.45) is 0 Å². The summed E-state index contributed by atoms with van der Waals surface area (Å²) in [6.07, 6.45) is 2.06. The van der Waals surface area contributed by atoms with Crippen LogP contribution in [0.3, 0.4) is 0 Å². The van der Waals surface area contributed by atoms with Gasteiger partial charge in [0.05, 0.1) is 5.69 Å². The molecule has 0 aliphatic carbocycles. The van der Waals surface area contributed by atoms with Crippen molar-refractivity contribution < 1.29 is 4.79 Å². The molecule has 0 fully saturated rings. The second-order valence-corrected chi connectivity index (χ2v) is 5.89. The third kappa shape index (κ3) is 3.34. The molecule has 0 radical (unpaired) electrons. The van der Waals surface area contributed by atoms with Crippen LogP contribution in [0.2, 0.25) is 0 Å². The van der Waals surface area contributed by atoms with Gasteiger partial charge in [0, 0.05) is 18.4 Å². The first-order valence-corrected chi connectivity index (χ1v) is 6.71. The van der Waals surface area contributed by atoms with Crippen LogP contribution in [0.5, 0.6) is 0 Å². The highest BCUT2D eigenvalue weighted by atomic mass is 32.1. The molecule has 0 aromatic carbocycles. The van der Waals surface area contributed by atoms with Crippen LogP contribution in [0.1, 0.15) is 42.0 Å². The zero-order chi connectivity index (χ0) is 13.9. The zero-order valence-electron chi connectivity index (χ0n) is 11.1. The number of nitrogens with zero attached hydrogens (tertiary/aromatic N) is 4. The lowest BCUT2D eigenvalue weighted by atomic mass is 9.91. The Kier molecular flexibility index (Phi) is 3.89. The Hall–Kier alpha value is -1.83. The van der Waals surface area contributed by atoms with Gasteiger partial charge in [0.2, 0.25) is 0 Å². The van der Waals surface area contributed by atoms with E-state index in [1.54, 1.807) is 0 Å². The molecule has 0 saturated carbocycles. The van der Waals surface area contributed by atoms with Crippen molar-refractivity contribution in [1.82, 2.24) is 30.1 Å². The third-order valence-electron chi connectivity index (χ3n) is 2.52. The Balaban J connectivity index is 1.95. The monoisotopic (exact) mass is 280 g/mol. The number of carbonyl (C=O) groups is 1. The van der Waals surface area contributed by atoms with E-state index < -0.39 is 0 Å². The first-order valence-electron chi connectivity index (χ1n) is 5.94. The molecule has 7 nitrogen and oxygen atoms in total. The van der Waals surface area contributed by atoms with Crippen molar-refractivity contribution >= 4 is 17.4 Å². The molecule has 2 aromatic rings. The minimum absolute atomic E-state index is 0.139. The zero-order valence-corrected chi connectivity index (χ0v) is 11.9. The normalized spacial score (nSPS) is 11.5. The van der Waals surface area contributed by atoms with Crippen LogP contribution in [0.4, 0.5) is 0 Å². The number of nitrogens with one attached hydrogen (secondary N) is 2. The molecule has 2 N–H and O–H groups in total. The van der Waals surface area contributed by atoms with Crippen LogP contribution in [0.25, 0.3) is 0 Å². The third-order valence-corrected chi connectivity index (χ3v) is 3.24. The molecule has 2 rings (SSSR count). The van der Waals surface area contributed by atoms with Gasteiger partial charge in [0.1, 0.15) is 17.0 Å². The number of aromatic amines is 1. The average Bonchev–Trinajstić information content (AvgIpc) is 2.98. The van der Waals surface area contributed by atoms with Crippen molar-refractivity contribution in [3.63, 3.8) is 0 Å². The Morgan fingerprint density at radius 2 is 2.26 bits per heavy atom. The number of hydrogen-bond acceptors (Lipinski definition) is 6. The van der Waals surface area contributed by atoms with Gasteiger partial charge in [-0.25, -0.2) is 4.98 Å². The molecular formula is C11H16N6OS. The van der Waals surface area contributed by atoms with E-state index in [2.05, 4.69) is 30.1 Å². The summed E-state index contributed by atoms with van der Waals surface area (Å²) in [6.45, 7) is 6.52. The van der Waals surface area contributed by atoms with E-state index in [1.807, 2.05) is 20.8 Å². The van der Waals surface area contributed by atoms with Crippen molar-refractivity contribution in [2.45, 2.75) is 32.6 Å². The summed E-state index contributed by atoms with van der Waals surface area (Å²) in [6, 6.07) is 0. The van der Waals surface area contributed by atoms with Crippen LogP contribution in [0.15, 0.2) is 6.33 Å². The Morgan fingerprint density at radius 3 is 2.89 bits per heavy atom. The fourth-order valence-electron chi connectivity index (χ4n) is 1.56. The standard InChI is InChI=1S/C11H16N6OS/c1-11(2,3)9-8(19-17-16-9)10(18)12-5-4-7-13-6-14-15-7/h6H,4-5H2,1-3H3,(H,12,18)(H,13,14,15). The maximum atomic E-state index is 12.1. The van der Waals surface area contributed by atoms with Crippen LogP contribution in [0, 0.1) is 0 Å². The summed E-state index contributed by atoms with van der Waals surface area (Å²) in [5, 5.41) is 13.4. The number of rotatable bonds is 4. The van der Waals surface area contributed by atoms with Crippen LogP contribution in [-0.2, 0) is 11.8 Å². The maximum absolute atomic E-state index is 12.1. The molecule has 2 aromatic heterocycles. The highest BCUT2D eigenvalue weighted by Crippen LogP contribution is 2.25. The Morgan fingerprint density at radius 1 is 1.47 bits per heavy atom. The molecule has 0 unspecified atom stereocenters. The van der Waals surface area contributed by atoms with Gasteiger partial charge in [-0.2, -0.15) is 5.10 Å². The SMILES string of the molecule is CC(C)(C)c1nnsc1C(=O)NCCc1ncn[nH]1. The highest BCUT2D eigenvalue weighted by molar-refractivity contribution is 7.08. The van der Waals surface area contributed by atoms with Gasteiger partial charge >= 0.3 is 0 Å². The summed E-state index contributed by atoms with van der Waals surface area (Å²) in [4.78, 5) is 16.6. The Labute approximate surface area is 115 Å². The molecule has 0 aliphatic rings. The van der Waals surface area contributed by atoms with Gasteiger partial charge in [-0.05, 0) is 11.5 Å². The molecule has 2 heterocycles. The van der Waals surface area contributed by atoms with Crippen molar-refractivity contribution in [1.29, 1.82) is 0 Å². The van der Waals surface area contributed by atoms with Gasteiger partial charge in [-0.3, -0.25) is 9.89 Å². The lowest BCUT2D eigenvalue weighted by molar-refractivity contribution is 0.0955. The van der Waals surface area contributed by atoms with E-state index in [0.29, 0.717) is 17.8 Å². The minimum atomic E-state index is -0.190. The molecule has 0 spiro atoms. The summed E-state index contributed by atoms with van der Waals surface area (Å²) < 4.78 is 3.87. The lowest BCUT2D eigenvalue weighted by Gasteiger charge is -2.16. The predicted octanol–water partition coefficient (Wildman–Crippen LogP) is 0.926. The number of aromatic nitrogens is 5. The molecule has 1 amide bonds. The van der Waals surface area contributed by atoms with E-state index in [0.717, 1.165) is 23.1 Å². The van der Waals surface area contributed by atoms with Crippen LogP contribution in [-0.4, -0.2) is 37.2 Å². The van der Waals surface area contributed by atoms with Gasteiger partial charge in [0.25, 0.3) is 5.91 Å². The van der Waals surface area contributed by atoms with E-state index in [1.165, 1.54) is 6.33 Å². The lowest BCUT2D eigenvalue weighted by Crippen LogP contribution is -2.28. The summed E-state index contributed by atoms with van der Waals surface area (Å²) in [5.74, 6) is 0.609. The molecule has 0 atom stereocenters. The molecule has 0 bridgehead atoms. The topological polar surface area (TPSA) is 96.5 Å². The van der Waals surface area contributed by atoms with Crippen molar-refractivity contribution in [3.05, 3.63) is 22.7 Å². The summed E-state index contributed by atoms with van der Waals surface area (Å²) in [5.41, 5.74) is 0.541. The van der Waals surface area contributed by atoms with Gasteiger partial charge in [-0.15, -0.1) is 5.10 Å². The first kappa shape index (κ1) is 13.6. The number of amides is 1. The van der Waals surface area contributed by atoms with Gasteiger partial charge in [-0.1, -0.05) is 25.3 Å². The van der Waals surface area contributed by atoms with E-state index in [4.69, 9.17) is 0 Å². The highest BCUT2D eigenvalue weighted by Gasteiger charge is 2.26. The number of carbonyl (C=O) groups excluding carboxylic acids is 1. The average molecular weight is 280 g/mol. The second-order valence-electron chi connectivity index (χ2n) is 5.14. The van der Waals surface area contributed by atoms with E-state index in [9.17, 15) is 4.79 Å². The summed E-state index contributed by atoms with van der Waals surface area (Å²) in [7, 11) is 0. The molecule has 8 heteroatoms. The smallest absolute Gasteiger partial charge is 0.264 e. The van der Waals surface area contributed by atoms with Gasteiger partial charge < -0.3 is 5.32 Å². The second kappa shape index (κ2) is 5.43. The number of H-pyrrole nitrogens is 1. The largest absolute Gasteiger partial charge is 0.351 e. The molecule has 0 aliphatic heterocycles. The molecule has 0 saturated heterocycles.